The first-order valence-corrected chi connectivity index (χ1v) is 5.86. The molecule has 1 aliphatic rings. The van der Waals surface area contributed by atoms with E-state index in [0.29, 0.717) is 24.1 Å². The van der Waals surface area contributed by atoms with Crippen LogP contribution in [0.5, 0.6) is 5.75 Å². The summed E-state index contributed by atoms with van der Waals surface area (Å²) in [6.07, 6.45) is 1.07. The van der Waals surface area contributed by atoms with E-state index in [-0.39, 0.29) is 0 Å². The molecule has 1 saturated heterocycles. The van der Waals surface area contributed by atoms with Crippen LogP contribution in [0.4, 0.5) is 0 Å². The summed E-state index contributed by atoms with van der Waals surface area (Å²) in [6, 6.07) is 5.66. The molecule has 0 spiro atoms. The quantitative estimate of drug-likeness (QED) is 0.879. The molecule has 0 amide bonds. The highest BCUT2D eigenvalue weighted by molar-refractivity contribution is 6.32. The number of nitrogens with two attached hydrogens (primary N) is 1. The van der Waals surface area contributed by atoms with Crippen LogP contribution >= 0.6 is 11.6 Å². The van der Waals surface area contributed by atoms with Gasteiger partial charge in [0, 0.05) is 19.1 Å². The van der Waals surface area contributed by atoms with Crippen molar-refractivity contribution in [3.05, 3.63) is 28.8 Å². The van der Waals surface area contributed by atoms with Gasteiger partial charge in [0.25, 0.3) is 0 Å². The molecule has 0 aromatic heterocycles. The highest BCUT2D eigenvalue weighted by Crippen LogP contribution is 2.26. The van der Waals surface area contributed by atoms with Gasteiger partial charge in [-0.15, -0.1) is 0 Å². The predicted octanol–water partition coefficient (Wildman–Crippen LogP) is 2.21. The molecule has 1 aliphatic heterocycles. The van der Waals surface area contributed by atoms with E-state index in [2.05, 4.69) is 0 Å². The third kappa shape index (κ3) is 2.88. The lowest BCUT2D eigenvalue weighted by Crippen LogP contribution is -2.11. The SMILES string of the molecule is NCc1ccc(OCC2CCOC2)c(Cl)c1. The molecule has 1 aromatic carbocycles. The van der Waals surface area contributed by atoms with Gasteiger partial charge in [0.2, 0.25) is 0 Å². The van der Waals surface area contributed by atoms with Gasteiger partial charge in [0.1, 0.15) is 5.75 Å². The Hall–Kier alpha value is -0.770. The number of halogens is 1. The van der Waals surface area contributed by atoms with Crippen molar-refractivity contribution in [2.24, 2.45) is 11.7 Å². The standard InChI is InChI=1S/C12H16ClNO2/c13-11-5-9(6-14)1-2-12(11)16-8-10-3-4-15-7-10/h1-2,5,10H,3-4,6-8,14H2. The summed E-state index contributed by atoms with van der Waals surface area (Å²) in [5.74, 6) is 1.22. The zero-order valence-corrected chi connectivity index (χ0v) is 9.87. The van der Waals surface area contributed by atoms with Crippen molar-refractivity contribution in [3.8, 4) is 5.75 Å². The number of hydrogen-bond donors (Lipinski definition) is 1. The van der Waals surface area contributed by atoms with Crippen LogP contribution in [-0.4, -0.2) is 19.8 Å². The van der Waals surface area contributed by atoms with E-state index in [1.165, 1.54) is 0 Å². The van der Waals surface area contributed by atoms with Crippen LogP contribution in [0.15, 0.2) is 18.2 Å². The molecule has 0 saturated carbocycles. The highest BCUT2D eigenvalue weighted by atomic mass is 35.5. The van der Waals surface area contributed by atoms with Crippen LogP contribution in [0.25, 0.3) is 0 Å². The Kier molecular flexibility index (Phi) is 4.04. The van der Waals surface area contributed by atoms with E-state index in [9.17, 15) is 0 Å². The molecule has 88 valence electrons. The molecule has 3 nitrogen and oxygen atoms in total. The molecule has 1 fully saturated rings. The van der Waals surface area contributed by atoms with Crippen molar-refractivity contribution in [1.29, 1.82) is 0 Å². The Balaban J connectivity index is 1.93. The maximum Gasteiger partial charge on any atom is 0.137 e. The lowest BCUT2D eigenvalue weighted by molar-refractivity contribution is 0.167. The fourth-order valence-corrected chi connectivity index (χ4v) is 1.97. The second kappa shape index (κ2) is 5.53. The van der Waals surface area contributed by atoms with Gasteiger partial charge in [0.05, 0.1) is 18.2 Å². The normalized spacial score (nSPS) is 20.0. The first-order valence-electron chi connectivity index (χ1n) is 5.48. The van der Waals surface area contributed by atoms with Gasteiger partial charge in [-0.1, -0.05) is 17.7 Å². The van der Waals surface area contributed by atoms with Gasteiger partial charge in [-0.3, -0.25) is 0 Å². The Morgan fingerprint density at radius 1 is 1.50 bits per heavy atom. The molecule has 4 heteroatoms. The topological polar surface area (TPSA) is 44.5 Å². The van der Waals surface area contributed by atoms with Crippen molar-refractivity contribution in [2.75, 3.05) is 19.8 Å². The van der Waals surface area contributed by atoms with Crippen LogP contribution in [0.2, 0.25) is 5.02 Å². The van der Waals surface area contributed by atoms with Crippen LogP contribution in [-0.2, 0) is 11.3 Å². The van der Waals surface area contributed by atoms with Crippen molar-refractivity contribution in [1.82, 2.24) is 0 Å². The Morgan fingerprint density at radius 3 is 3.00 bits per heavy atom. The molecule has 0 bridgehead atoms. The number of hydrogen-bond acceptors (Lipinski definition) is 3. The lowest BCUT2D eigenvalue weighted by atomic mass is 10.1. The van der Waals surface area contributed by atoms with Crippen LogP contribution in [0.3, 0.4) is 0 Å². The molecule has 1 atom stereocenters. The fourth-order valence-electron chi connectivity index (χ4n) is 1.71. The average Bonchev–Trinajstić information content (AvgIpc) is 2.80. The van der Waals surface area contributed by atoms with E-state index in [1.807, 2.05) is 18.2 Å². The predicted molar refractivity (Wildman–Crippen MR) is 63.8 cm³/mol. The molecule has 2 N–H and O–H groups in total. The monoisotopic (exact) mass is 241 g/mol. The Labute approximate surface area is 100 Å². The van der Waals surface area contributed by atoms with E-state index in [0.717, 1.165) is 30.9 Å². The van der Waals surface area contributed by atoms with Gasteiger partial charge in [-0.25, -0.2) is 0 Å². The van der Waals surface area contributed by atoms with Gasteiger partial charge in [-0.05, 0) is 24.1 Å². The first-order chi connectivity index (χ1) is 7.79. The molecule has 0 radical (unpaired) electrons. The summed E-state index contributed by atoms with van der Waals surface area (Å²) in [6.45, 7) is 2.80. The minimum absolute atomic E-state index is 0.491. The van der Waals surface area contributed by atoms with Crippen molar-refractivity contribution >= 4 is 11.6 Å². The van der Waals surface area contributed by atoms with Gasteiger partial charge < -0.3 is 15.2 Å². The molecule has 2 rings (SSSR count). The number of benzene rings is 1. The zero-order valence-electron chi connectivity index (χ0n) is 9.12. The van der Waals surface area contributed by atoms with Gasteiger partial charge in [0.15, 0.2) is 0 Å². The summed E-state index contributed by atoms with van der Waals surface area (Å²) in [7, 11) is 0. The molecular weight excluding hydrogens is 226 g/mol. The molecular formula is C12H16ClNO2. The minimum Gasteiger partial charge on any atom is -0.492 e. The summed E-state index contributed by atoms with van der Waals surface area (Å²) in [5.41, 5.74) is 6.54. The summed E-state index contributed by atoms with van der Waals surface area (Å²) >= 11 is 6.08. The lowest BCUT2D eigenvalue weighted by Gasteiger charge is -2.12. The summed E-state index contributed by atoms with van der Waals surface area (Å²) < 4.78 is 11.0. The summed E-state index contributed by atoms with van der Waals surface area (Å²) in [4.78, 5) is 0. The largest absolute Gasteiger partial charge is 0.492 e. The van der Waals surface area contributed by atoms with Crippen LogP contribution in [0, 0.1) is 5.92 Å². The van der Waals surface area contributed by atoms with Crippen molar-refractivity contribution < 1.29 is 9.47 Å². The van der Waals surface area contributed by atoms with E-state index in [1.54, 1.807) is 0 Å². The fraction of sp³-hybridized carbons (Fsp3) is 0.500. The molecule has 1 unspecified atom stereocenters. The molecule has 0 aliphatic carbocycles. The van der Waals surface area contributed by atoms with Gasteiger partial charge >= 0.3 is 0 Å². The third-order valence-electron chi connectivity index (χ3n) is 2.73. The number of ether oxygens (including phenoxy) is 2. The first kappa shape index (κ1) is 11.7. The smallest absolute Gasteiger partial charge is 0.137 e. The minimum atomic E-state index is 0.491. The zero-order chi connectivity index (χ0) is 11.4. The highest BCUT2D eigenvalue weighted by Gasteiger charge is 2.16. The van der Waals surface area contributed by atoms with Crippen LogP contribution < -0.4 is 10.5 Å². The van der Waals surface area contributed by atoms with Crippen molar-refractivity contribution in [2.45, 2.75) is 13.0 Å². The Morgan fingerprint density at radius 2 is 2.38 bits per heavy atom. The maximum absolute atomic E-state index is 6.08. The van der Waals surface area contributed by atoms with Crippen molar-refractivity contribution in [3.63, 3.8) is 0 Å². The maximum atomic E-state index is 6.08. The van der Waals surface area contributed by atoms with E-state index < -0.39 is 0 Å². The summed E-state index contributed by atoms with van der Waals surface area (Å²) in [5, 5.41) is 0.627. The van der Waals surface area contributed by atoms with E-state index in [4.69, 9.17) is 26.8 Å². The molecule has 1 aromatic rings. The van der Waals surface area contributed by atoms with Gasteiger partial charge in [-0.2, -0.15) is 0 Å². The second-order valence-corrected chi connectivity index (χ2v) is 4.42. The molecule has 16 heavy (non-hydrogen) atoms. The third-order valence-corrected chi connectivity index (χ3v) is 3.03. The van der Waals surface area contributed by atoms with Crippen LogP contribution in [0.1, 0.15) is 12.0 Å². The average molecular weight is 242 g/mol. The second-order valence-electron chi connectivity index (χ2n) is 4.01. The van der Waals surface area contributed by atoms with E-state index >= 15 is 0 Å². The molecule has 1 heterocycles. The Bertz CT molecular complexity index is 351. The number of rotatable bonds is 4.